The Morgan fingerprint density at radius 2 is 2.23 bits per heavy atom. The summed E-state index contributed by atoms with van der Waals surface area (Å²) in [6.45, 7) is 3.83. The number of nitrogens with two attached hydrogens (primary N) is 1. The Morgan fingerprint density at radius 1 is 1.50 bits per heavy atom. The van der Waals surface area contributed by atoms with Gasteiger partial charge < -0.3 is 15.6 Å². The van der Waals surface area contributed by atoms with Crippen molar-refractivity contribution in [2.24, 2.45) is 5.92 Å². The van der Waals surface area contributed by atoms with Gasteiger partial charge in [-0.15, -0.1) is 6.42 Å². The maximum Gasteiger partial charge on any atom is 0.167 e. The molecule has 1 aliphatic heterocycles. The van der Waals surface area contributed by atoms with Gasteiger partial charge in [-0.25, -0.2) is 15.0 Å². The minimum absolute atomic E-state index is 0. The molecule has 2 aromatic heterocycles. The summed E-state index contributed by atoms with van der Waals surface area (Å²) in [6, 6.07) is 0. The predicted octanol–water partition coefficient (Wildman–Crippen LogP) is 0.716. The van der Waals surface area contributed by atoms with Crippen LogP contribution in [-0.2, 0) is 4.74 Å². The second-order valence-corrected chi connectivity index (χ2v) is 5.26. The van der Waals surface area contributed by atoms with E-state index in [-0.39, 0.29) is 55.8 Å². The van der Waals surface area contributed by atoms with Gasteiger partial charge in [0.25, 0.3) is 0 Å². The number of hydrogen-bond donors (Lipinski definition) is 2. The smallest absolute Gasteiger partial charge is 0.167 e. The van der Waals surface area contributed by atoms with Crippen molar-refractivity contribution in [3.05, 3.63) is 12.7 Å². The molecule has 3 N–H and O–H groups in total. The molecule has 4 unspecified atom stereocenters. The number of hydrogen-bond acceptors (Lipinski definition) is 6. The van der Waals surface area contributed by atoms with Gasteiger partial charge in [-0.3, -0.25) is 4.57 Å². The van der Waals surface area contributed by atoms with Crippen LogP contribution in [0.15, 0.2) is 12.7 Å². The van der Waals surface area contributed by atoms with Gasteiger partial charge in [-0.1, -0.05) is 19.8 Å². The molecule has 0 amide bonds. The number of terminal acetylenes is 1. The zero-order valence-electron chi connectivity index (χ0n) is 12.5. The minimum Gasteiger partial charge on any atom is -0.388 e. The first-order valence-corrected chi connectivity index (χ1v) is 6.80. The molecule has 22 heavy (non-hydrogen) atoms. The van der Waals surface area contributed by atoms with Crippen molar-refractivity contribution in [2.45, 2.75) is 38.2 Å². The van der Waals surface area contributed by atoms with E-state index in [4.69, 9.17) is 16.9 Å². The molecule has 3 rings (SSSR count). The largest absolute Gasteiger partial charge is 0.388 e. The van der Waals surface area contributed by atoms with Gasteiger partial charge in [0.2, 0.25) is 0 Å². The van der Waals surface area contributed by atoms with Gasteiger partial charge in [-0.2, -0.15) is 0 Å². The first kappa shape index (κ1) is 17.6. The number of aliphatic hydroxyl groups is 1. The average molecular weight is 514 g/mol. The number of nitrogens with zero attached hydrogens (tertiary/aromatic N) is 4. The number of aliphatic hydroxyl groups excluding tert-OH is 1. The third kappa shape index (κ3) is 2.45. The molecule has 0 aromatic carbocycles. The Bertz CT molecular complexity index is 728. The van der Waals surface area contributed by atoms with Gasteiger partial charge in [0, 0.05) is 50.0 Å². The van der Waals surface area contributed by atoms with E-state index >= 15 is 0 Å². The van der Waals surface area contributed by atoms with Crippen LogP contribution in [-0.4, -0.2) is 36.3 Å². The Balaban J connectivity index is 0.00000176. The van der Waals surface area contributed by atoms with Crippen molar-refractivity contribution < 1.29 is 53.9 Å². The summed E-state index contributed by atoms with van der Waals surface area (Å²) in [4.78, 5) is 12.3. The molecule has 4 atom stereocenters. The normalized spacial score (nSPS) is 30.9. The molecule has 1 aliphatic rings. The quantitative estimate of drug-likeness (QED) is 0.574. The molecule has 7 nitrogen and oxygen atoms in total. The minimum atomic E-state index is -0.792. The first-order chi connectivity index (χ1) is 10.0. The van der Waals surface area contributed by atoms with E-state index in [1.54, 1.807) is 10.9 Å². The SMILES string of the molecule is C#CC1(CC)OC(n2cnc3c(N)ncnc32)C(O)C1C.[Ac]. The number of anilines is 1. The number of aromatic nitrogens is 4. The van der Waals surface area contributed by atoms with Crippen molar-refractivity contribution in [3.63, 3.8) is 0 Å². The molecular formula is C14H17AcN5O2. The van der Waals surface area contributed by atoms with E-state index in [9.17, 15) is 5.11 Å². The Hall–Kier alpha value is -0.728. The van der Waals surface area contributed by atoms with Crippen LogP contribution in [0.1, 0.15) is 26.5 Å². The van der Waals surface area contributed by atoms with E-state index < -0.39 is 17.9 Å². The number of fused-ring (bicyclic) bond motifs is 1. The fraction of sp³-hybridized carbons (Fsp3) is 0.500. The van der Waals surface area contributed by atoms with Crippen molar-refractivity contribution in [2.75, 3.05) is 5.73 Å². The van der Waals surface area contributed by atoms with Crippen LogP contribution in [0, 0.1) is 62.3 Å². The molecule has 0 aliphatic carbocycles. The van der Waals surface area contributed by atoms with Crippen molar-refractivity contribution in [1.82, 2.24) is 19.5 Å². The van der Waals surface area contributed by atoms with Gasteiger partial charge in [0.1, 0.15) is 23.5 Å². The fourth-order valence-electron chi connectivity index (χ4n) is 2.87. The summed E-state index contributed by atoms with van der Waals surface area (Å²) < 4.78 is 7.66. The van der Waals surface area contributed by atoms with Gasteiger partial charge >= 0.3 is 0 Å². The zero-order valence-corrected chi connectivity index (χ0v) is 17.2. The molecule has 0 saturated carbocycles. The van der Waals surface area contributed by atoms with Crippen LogP contribution in [0.3, 0.4) is 0 Å². The molecule has 113 valence electrons. The summed E-state index contributed by atoms with van der Waals surface area (Å²) in [5.74, 6) is 2.78. The monoisotopic (exact) mass is 514 g/mol. The first-order valence-electron chi connectivity index (χ1n) is 6.80. The summed E-state index contributed by atoms with van der Waals surface area (Å²) in [6.07, 6.45) is 7.74. The number of ether oxygens (including phenoxy) is 1. The van der Waals surface area contributed by atoms with Crippen molar-refractivity contribution in [3.8, 4) is 12.3 Å². The Kier molecular flexibility index (Phi) is 5.13. The maximum atomic E-state index is 10.5. The van der Waals surface area contributed by atoms with Crippen LogP contribution < -0.4 is 5.73 Å². The molecule has 3 heterocycles. The van der Waals surface area contributed by atoms with E-state index in [2.05, 4.69) is 20.9 Å². The second kappa shape index (κ2) is 6.41. The predicted molar refractivity (Wildman–Crippen MR) is 76.9 cm³/mol. The summed E-state index contributed by atoms with van der Waals surface area (Å²) in [5.41, 5.74) is 5.98. The van der Waals surface area contributed by atoms with Crippen LogP contribution >= 0.6 is 0 Å². The van der Waals surface area contributed by atoms with E-state index in [0.717, 1.165) is 0 Å². The maximum absolute atomic E-state index is 10.5. The van der Waals surface area contributed by atoms with Crippen molar-refractivity contribution in [1.29, 1.82) is 0 Å². The molecular weight excluding hydrogens is 497 g/mol. The number of nitrogen functional groups attached to an aromatic ring is 1. The van der Waals surface area contributed by atoms with E-state index in [1.807, 2.05) is 13.8 Å². The van der Waals surface area contributed by atoms with Crippen LogP contribution in [0.25, 0.3) is 11.2 Å². The molecule has 8 heteroatoms. The van der Waals surface area contributed by atoms with Gasteiger partial charge in [-0.05, 0) is 6.42 Å². The number of imidazole rings is 1. The average Bonchev–Trinajstić information content (AvgIpc) is 3.02. The Labute approximate surface area is 164 Å². The number of rotatable bonds is 2. The van der Waals surface area contributed by atoms with E-state index in [0.29, 0.717) is 17.6 Å². The van der Waals surface area contributed by atoms with Crippen molar-refractivity contribution >= 4 is 17.0 Å². The topological polar surface area (TPSA) is 99.1 Å². The third-order valence-electron chi connectivity index (χ3n) is 4.30. The second-order valence-electron chi connectivity index (χ2n) is 5.26. The Morgan fingerprint density at radius 3 is 2.82 bits per heavy atom. The summed E-state index contributed by atoms with van der Waals surface area (Å²) >= 11 is 0. The fourth-order valence-corrected chi connectivity index (χ4v) is 2.87. The zero-order chi connectivity index (χ0) is 15.2. The third-order valence-corrected chi connectivity index (χ3v) is 4.30. The molecule has 1 saturated heterocycles. The van der Waals surface area contributed by atoms with Gasteiger partial charge in [0.15, 0.2) is 17.7 Å². The van der Waals surface area contributed by atoms with Crippen LogP contribution in [0.4, 0.5) is 5.82 Å². The standard InChI is InChI=1S/C14H17N5O2.Ac/c1-4-14(5-2)8(3)10(20)13(21-14)19-7-18-9-11(15)16-6-17-12(9)19;/h1,6-8,10,13,20H,5H2,2-3H3,(H2,15,16,17);. The molecule has 1 radical (unpaired) electrons. The van der Waals surface area contributed by atoms with Crippen LogP contribution in [0.5, 0.6) is 0 Å². The molecule has 1 fully saturated rings. The summed E-state index contributed by atoms with van der Waals surface area (Å²) in [5, 5.41) is 10.5. The molecule has 0 spiro atoms. The summed E-state index contributed by atoms with van der Waals surface area (Å²) in [7, 11) is 0. The molecule has 0 bridgehead atoms. The van der Waals surface area contributed by atoms with Crippen LogP contribution in [0.2, 0.25) is 0 Å². The van der Waals surface area contributed by atoms with Gasteiger partial charge in [0.05, 0.1) is 6.33 Å². The van der Waals surface area contributed by atoms with E-state index in [1.165, 1.54) is 6.33 Å². The molecule has 2 aromatic rings.